The quantitative estimate of drug-likeness (QED) is 0.395. The molecule has 0 fully saturated rings. The normalized spacial score (nSPS) is 10.9. The maximum atomic E-state index is 14.5. The van der Waals surface area contributed by atoms with E-state index in [4.69, 9.17) is 10.5 Å². The van der Waals surface area contributed by atoms with E-state index in [0.717, 1.165) is 25.3 Å². The summed E-state index contributed by atoms with van der Waals surface area (Å²) in [5.41, 5.74) is 5.85. The number of hydrogen-bond acceptors (Lipinski definition) is 4. The highest BCUT2D eigenvalue weighted by Crippen LogP contribution is 2.21. The predicted molar refractivity (Wildman–Crippen MR) is 100 cm³/mol. The number of nitrogens with one attached hydrogen (secondary N) is 1. The van der Waals surface area contributed by atoms with E-state index in [-0.39, 0.29) is 29.2 Å². The van der Waals surface area contributed by atoms with Gasteiger partial charge in [-0.05, 0) is 44.4 Å². The highest BCUT2D eigenvalue weighted by Gasteiger charge is 2.14. The van der Waals surface area contributed by atoms with E-state index in [1.165, 1.54) is 6.07 Å². The molecule has 2 aromatic rings. The average molecular weight is 375 g/mol. The number of hydrogen-bond donors (Lipinski definition) is 2. The number of aromatic nitrogens is 1. The number of rotatable bonds is 9. The molecule has 0 aliphatic rings. The molecule has 7 heteroatoms. The van der Waals surface area contributed by atoms with Gasteiger partial charge in [0.25, 0.3) is 5.91 Å². The number of nitrogens with two attached hydrogens (primary N) is 1. The Morgan fingerprint density at radius 1 is 1.26 bits per heavy atom. The van der Waals surface area contributed by atoms with E-state index in [2.05, 4.69) is 16.4 Å². The van der Waals surface area contributed by atoms with Gasteiger partial charge in [-0.3, -0.25) is 4.79 Å². The van der Waals surface area contributed by atoms with E-state index in [0.29, 0.717) is 6.61 Å². The molecular weight excluding hydrogens is 352 g/mol. The summed E-state index contributed by atoms with van der Waals surface area (Å²) in [7, 11) is 0. The van der Waals surface area contributed by atoms with Gasteiger partial charge in [-0.25, -0.2) is 9.37 Å². The lowest BCUT2D eigenvalue weighted by molar-refractivity contribution is 0.0951. The molecule has 0 spiro atoms. The van der Waals surface area contributed by atoms with Crippen LogP contribution in [-0.4, -0.2) is 17.5 Å². The number of pyridine rings is 1. The Morgan fingerprint density at radius 3 is 2.81 bits per heavy atom. The van der Waals surface area contributed by atoms with Gasteiger partial charge in [0.15, 0.2) is 11.6 Å². The number of benzene rings is 1. The number of anilines is 1. The van der Waals surface area contributed by atoms with Crippen molar-refractivity contribution < 1.29 is 18.3 Å². The smallest absolute Gasteiger partial charge is 0.255 e. The summed E-state index contributed by atoms with van der Waals surface area (Å²) in [5.74, 6) is -1.92. The van der Waals surface area contributed by atoms with Crippen molar-refractivity contribution in [3.8, 4) is 5.75 Å². The number of carbonyl (C=O) groups is 1. The molecule has 1 amide bonds. The number of halogens is 2. The van der Waals surface area contributed by atoms with Crippen LogP contribution in [0.3, 0.4) is 0 Å². The number of allylic oxidation sites excluding steroid dienone is 2. The van der Waals surface area contributed by atoms with Crippen molar-refractivity contribution in [2.24, 2.45) is 0 Å². The third kappa shape index (κ3) is 6.06. The SMILES string of the molecule is C/C=C/CCCCOc1cccc(CNC(=O)c2ccc(F)nc2N)c1F. The second-order valence-corrected chi connectivity index (χ2v) is 5.89. The van der Waals surface area contributed by atoms with Crippen molar-refractivity contribution in [1.29, 1.82) is 0 Å². The van der Waals surface area contributed by atoms with Crippen molar-refractivity contribution >= 4 is 11.7 Å². The summed E-state index contributed by atoms with van der Waals surface area (Å²) in [6.07, 6.45) is 6.83. The summed E-state index contributed by atoms with van der Waals surface area (Å²) >= 11 is 0. The van der Waals surface area contributed by atoms with Crippen molar-refractivity contribution in [1.82, 2.24) is 10.3 Å². The zero-order valence-corrected chi connectivity index (χ0v) is 15.2. The van der Waals surface area contributed by atoms with Gasteiger partial charge >= 0.3 is 0 Å². The molecule has 1 aromatic carbocycles. The topological polar surface area (TPSA) is 77.2 Å². The van der Waals surface area contributed by atoms with Gasteiger partial charge in [0.05, 0.1) is 12.2 Å². The maximum Gasteiger partial charge on any atom is 0.255 e. The number of unbranched alkanes of at least 4 members (excludes halogenated alkanes) is 2. The summed E-state index contributed by atoms with van der Waals surface area (Å²) in [5, 5.41) is 2.55. The Labute approximate surface area is 157 Å². The first-order chi connectivity index (χ1) is 13.0. The van der Waals surface area contributed by atoms with Crippen LogP contribution < -0.4 is 15.8 Å². The number of nitrogens with zero attached hydrogens (tertiary/aromatic N) is 1. The molecular formula is C20H23F2N3O2. The molecule has 1 aromatic heterocycles. The van der Waals surface area contributed by atoms with Crippen LogP contribution >= 0.6 is 0 Å². The van der Waals surface area contributed by atoms with Gasteiger partial charge in [0, 0.05) is 12.1 Å². The molecule has 0 aliphatic heterocycles. The first-order valence-electron chi connectivity index (χ1n) is 8.74. The third-order valence-electron chi connectivity index (χ3n) is 3.88. The van der Waals surface area contributed by atoms with Crippen LogP contribution in [0.4, 0.5) is 14.6 Å². The van der Waals surface area contributed by atoms with E-state index in [1.54, 1.807) is 18.2 Å². The largest absolute Gasteiger partial charge is 0.491 e. The van der Waals surface area contributed by atoms with Crippen LogP contribution in [0.5, 0.6) is 5.75 Å². The lowest BCUT2D eigenvalue weighted by Crippen LogP contribution is -2.25. The summed E-state index contributed by atoms with van der Waals surface area (Å²) in [6.45, 7) is 2.33. The van der Waals surface area contributed by atoms with Crippen LogP contribution in [0.1, 0.15) is 42.1 Å². The number of carbonyl (C=O) groups excluding carboxylic acids is 1. The summed E-state index contributed by atoms with van der Waals surface area (Å²) in [6, 6.07) is 7.04. The molecule has 27 heavy (non-hydrogen) atoms. The van der Waals surface area contributed by atoms with Gasteiger partial charge in [-0.15, -0.1) is 0 Å². The van der Waals surface area contributed by atoms with Gasteiger partial charge in [-0.2, -0.15) is 4.39 Å². The van der Waals surface area contributed by atoms with Gasteiger partial charge < -0.3 is 15.8 Å². The van der Waals surface area contributed by atoms with E-state index < -0.39 is 17.7 Å². The molecule has 3 N–H and O–H groups in total. The number of nitrogen functional groups attached to an aromatic ring is 1. The highest BCUT2D eigenvalue weighted by atomic mass is 19.1. The molecule has 0 atom stereocenters. The first-order valence-corrected chi connectivity index (χ1v) is 8.74. The van der Waals surface area contributed by atoms with Crippen LogP contribution in [0.15, 0.2) is 42.5 Å². The maximum absolute atomic E-state index is 14.5. The minimum absolute atomic E-state index is 0.0327. The lowest BCUT2D eigenvalue weighted by Gasteiger charge is -2.11. The first kappa shape index (κ1) is 20.4. The minimum atomic E-state index is -0.773. The zero-order chi connectivity index (χ0) is 19.6. The fourth-order valence-corrected chi connectivity index (χ4v) is 2.43. The Balaban J connectivity index is 1.92. The number of amides is 1. The molecule has 2 rings (SSSR count). The van der Waals surface area contributed by atoms with Gasteiger partial charge in [0.1, 0.15) is 5.82 Å². The molecule has 0 aliphatic carbocycles. The van der Waals surface area contributed by atoms with E-state index in [1.807, 2.05) is 13.0 Å². The zero-order valence-electron chi connectivity index (χ0n) is 15.2. The lowest BCUT2D eigenvalue weighted by atomic mass is 10.2. The second-order valence-electron chi connectivity index (χ2n) is 5.89. The van der Waals surface area contributed by atoms with Crippen LogP contribution in [0, 0.1) is 11.8 Å². The van der Waals surface area contributed by atoms with Crippen LogP contribution in [0.2, 0.25) is 0 Å². The van der Waals surface area contributed by atoms with E-state index >= 15 is 0 Å². The Bertz CT molecular complexity index is 810. The standard InChI is InChI=1S/C20H23F2N3O2/c1-2-3-4-5-6-12-27-16-9-7-8-14(18(16)22)13-24-20(26)15-10-11-17(21)25-19(15)23/h2-3,7-11H,4-6,12-13H2,1H3,(H2,23,25)(H,24,26)/b3-2+. The van der Waals surface area contributed by atoms with Crippen molar-refractivity contribution in [2.45, 2.75) is 32.7 Å². The molecule has 0 saturated heterocycles. The molecule has 0 bridgehead atoms. The molecule has 0 saturated carbocycles. The monoisotopic (exact) mass is 375 g/mol. The summed E-state index contributed by atoms with van der Waals surface area (Å²) < 4.78 is 33.0. The van der Waals surface area contributed by atoms with Gasteiger partial charge in [-0.1, -0.05) is 24.3 Å². The third-order valence-corrected chi connectivity index (χ3v) is 3.88. The minimum Gasteiger partial charge on any atom is -0.491 e. The Hall–Kier alpha value is -2.96. The highest BCUT2D eigenvalue weighted by molar-refractivity contribution is 5.98. The average Bonchev–Trinajstić information content (AvgIpc) is 2.64. The van der Waals surface area contributed by atoms with Crippen molar-refractivity contribution in [2.75, 3.05) is 12.3 Å². The fraction of sp³-hybridized carbons (Fsp3) is 0.300. The van der Waals surface area contributed by atoms with Crippen molar-refractivity contribution in [3.63, 3.8) is 0 Å². The van der Waals surface area contributed by atoms with E-state index in [9.17, 15) is 13.6 Å². The van der Waals surface area contributed by atoms with Crippen LogP contribution in [0.25, 0.3) is 0 Å². The molecule has 5 nitrogen and oxygen atoms in total. The fourth-order valence-electron chi connectivity index (χ4n) is 2.43. The van der Waals surface area contributed by atoms with Crippen LogP contribution in [-0.2, 0) is 6.54 Å². The predicted octanol–water partition coefficient (Wildman–Crippen LogP) is 4.00. The van der Waals surface area contributed by atoms with Gasteiger partial charge in [0.2, 0.25) is 5.95 Å². The Morgan fingerprint density at radius 2 is 2.07 bits per heavy atom. The molecule has 0 unspecified atom stereocenters. The number of ether oxygens (including phenoxy) is 1. The summed E-state index contributed by atoms with van der Waals surface area (Å²) in [4.78, 5) is 15.5. The molecule has 1 heterocycles. The van der Waals surface area contributed by atoms with Crippen molar-refractivity contribution in [3.05, 3.63) is 65.4 Å². The second kappa shape index (κ2) is 10.3. The Kier molecular flexibility index (Phi) is 7.73. The molecule has 144 valence electrons. The molecule has 0 radical (unpaired) electrons.